The summed E-state index contributed by atoms with van der Waals surface area (Å²) in [4.78, 5) is 12.3. The zero-order valence-electron chi connectivity index (χ0n) is 12.0. The van der Waals surface area contributed by atoms with Gasteiger partial charge < -0.3 is 9.05 Å². The summed E-state index contributed by atoms with van der Waals surface area (Å²) in [6.45, 7) is 4.93. The van der Waals surface area contributed by atoms with E-state index in [4.69, 9.17) is 9.05 Å². The van der Waals surface area contributed by atoms with Crippen LogP contribution in [0.25, 0.3) is 0 Å². The highest BCUT2D eigenvalue weighted by Crippen LogP contribution is 2.58. The third-order valence-electron chi connectivity index (χ3n) is 4.81. The maximum absolute atomic E-state index is 12.6. The molecular formula is C14H25O4P. The van der Waals surface area contributed by atoms with Crippen LogP contribution in [0.2, 0.25) is 0 Å². The predicted molar refractivity (Wildman–Crippen MR) is 74.1 cm³/mol. The van der Waals surface area contributed by atoms with Gasteiger partial charge in [0, 0.05) is 11.3 Å². The summed E-state index contributed by atoms with van der Waals surface area (Å²) in [5.41, 5.74) is -0.339. The molecule has 5 heteroatoms. The molecule has 0 aromatic rings. The molecule has 1 aliphatic carbocycles. The normalized spacial score (nSPS) is 27.1. The SMILES string of the molecule is CCC1(CC)COP(=O)(C(=O)C2CCCCC2)OC1. The van der Waals surface area contributed by atoms with Crippen molar-refractivity contribution in [2.75, 3.05) is 13.2 Å². The fourth-order valence-electron chi connectivity index (χ4n) is 2.88. The summed E-state index contributed by atoms with van der Waals surface area (Å²) in [6.07, 6.45) is 6.77. The van der Waals surface area contributed by atoms with E-state index in [1.807, 2.05) is 0 Å². The molecule has 1 heterocycles. The Bertz CT molecular complexity index is 356. The minimum atomic E-state index is -3.52. The van der Waals surface area contributed by atoms with Gasteiger partial charge in [-0.3, -0.25) is 9.36 Å². The number of carbonyl (C=O) groups excluding carboxylic acids is 1. The molecule has 0 aromatic carbocycles. The third kappa shape index (κ3) is 3.12. The van der Waals surface area contributed by atoms with Crippen molar-refractivity contribution in [2.45, 2.75) is 58.8 Å². The first-order valence-corrected chi connectivity index (χ1v) is 9.03. The van der Waals surface area contributed by atoms with Crippen molar-refractivity contribution in [3.63, 3.8) is 0 Å². The maximum Gasteiger partial charge on any atom is 0.397 e. The van der Waals surface area contributed by atoms with Gasteiger partial charge in [-0.2, -0.15) is 0 Å². The van der Waals surface area contributed by atoms with Gasteiger partial charge in [0.1, 0.15) is 0 Å². The lowest BCUT2D eigenvalue weighted by Crippen LogP contribution is -2.36. The molecule has 0 spiro atoms. The molecule has 1 saturated carbocycles. The van der Waals surface area contributed by atoms with Gasteiger partial charge in [-0.15, -0.1) is 0 Å². The Hall–Kier alpha value is -0.180. The van der Waals surface area contributed by atoms with E-state index in [1.54, 1.807) is 0 Å². The van der Waals surface area contributed by atoms with Crippen molar-refractivity contribution in [1.29, 1.82) is 0 Å². The zero-order chi connectivity index (χ0) is 13.9. The van der Waals surface area contributed by atoms with E-state index in [2.05, 4.69) is 13.8 Å². The van der Waals surface area contributed by atoms with Gasteiger partial charge in [-0.25, -0.2) is 0 Å². The number of hydrogen-bond donors (Lipinski definition) is 0. The van der Waals surface area contributed by atoms with Gasteiger partial charge >= 0.3 is 7.60 Å². The minimum Gasteiger partial charge on any atom is -0.303 e. The summed E-state index contributed by atoms with van der Waals surface area (Å²) in [6, 6.07) is 0. The summed E-state index contributed by atoms with van der Waals surface area (Å²) >= 11 is 0. The molecule has 1 aliphatic heterocycles. The van der Waals surface area contributed by atoms with Gasteiger partial charge in [0.15, 0.2) is 0 Å². The highest BCUT2D eigenvalue weighted by atomic mass is 31.2. The molecule has 0 atom stereocenters. The van der Waals surface area contributed by atoms with E-state index >= 15 is 0 Å². The largest absolute Gasteiger partial charge is 0.397 e. The summed E-state index contributed by atoms with van der Waals surface area (Å²) in [5.74, 6) is -0.115. The predicted octanol–water partition coefficient (Wildman–Crippen LogP) is 4.14. The number of carbonyl (C=O) groups is 1. The Morgan fingerprint density at radius 3 is 2.11 bits per heavy atom. The van der Waals surface area contributed by atoms with Crippen LogP contribution < -0.4 is 0 Å². The van der Waals surface area contributed by atoms with Crippen LogP contribution in [0.5, 0.6) is 0 Å². The standard InChI is InChI=1S/C14H25O4P/c1-3-14(4-2)10-17-19(16,18-11-14)13(15)12-8-6-5-7-9-12/h12H,3-11H2,1-2H3. The fourth-order valence-corrected chi connectivity index (χ4v) is 4.80. The van der Waals surface area contributed by atoms with Crippen LogP contribution >= 0.6 is 7.60 Å². The van der Waals surface area contributed by atoms with Crippen molar-refractivity contribution < 1.29 is 18.4 Å². The third-order valence-corrected chi connectivity index (χ3v) is 6.65. The first-order chi connectivity index (χ1) is 9.05. The van der Waals surface area contributed by atoms with Crippen molar-refractivity contribution in [2.24, 2.45) is 11.3 Å². The summed E-state index contributed by atoms with van der Waals surface area (Å²) < 4.78 is 23.5. The van der Waals surface area contributed by atoms with Crippen LogP contribution in [0.1, 0.15) is 58.8 Å². The lowest BCUT2D eigenvalue weighted by Gasteiger charge is -2.38. The minimum absolute atomic E-state index is 0.0687. The van der Waals surface area contributed by atoms with E-state index in [-0.39, 0.29) is 16.9 Å². The van der Waals surface area contributed by atoms with Crippen LogP contribution in [-0.4, -0.2) is 18.7 Å². The molecule has 0 amide bonds. The second kappa shape index (κ2) is 6.07. The highest BCUT2D eigenvalue weighted by molar-refractivity contribution is 7.71. The Morgan fingerprint density at radius 1 is 1.11 bits per heavy atom. The molecule has 110 valence electrons. The summed E-state index contributed by atoms with van der Waals surface area (Å²) in [5, 5.41) is 0. The molecule has 2 rings (SSSR count). The molecule has 1 saturated heterocycles. The molecule has 4 nitrogen and oxygen atoms in total. The van der Waals surface area contributed by atoms with E-state index in [9.17, 15) is 9.36 Å². The molecule has 0 N–H and O–H groups in total. The highest BCUT2D eigenvalue weighted by Gasteiger charge is 2.47. The Morgan fingerprint density at radius 2 is 1.63 bits per heavy atom. The smallest absolute Gasteiger partial charge is 0.303 e. The maximum atomic E-state index is 12.6. The van der Waals surface area contributed by atoms with Crippen molar-refractivity contribution in [3.8, 4) is 0 Å². The Balaban J connectivity index is 2.01. The summed E-state index contributed by atoms with van der Waals surface area (Å²) in [7, 11) is -3.52. The molecule has 2 fully saturated rings. The van der Waals surface area contributed by atoms with Gasteiger partial charge in [0.2, 0.25) is 5.52 Å². The topological polar surface area (TPSA) is 52.6 Å². The lowest BCUT2D eigenvalue weighted by atomic mass is 9.84. The van der Waals surface area contributed by atoms with Crippen LogP contribution in [-0.2, 0) is 18.4 Å². The average Bonchev–Trinajstić information content (AvgIpc) is 2.49. The Kier molecular flexibility index (Phi) is 4.86. The van der Waals surface area contributed by atoms with E-state index < -0.39 is 7.60 Å². The first-order valence-electron chi connectivity index (χ1n) is 7.49. The zero-order valence-corrected chi connectivity index (χ0v) is 12.9. The van der Waals surface area contributed by atoms with Crippen molar-refractivity contribution >= 4 is 13.1 Å². The monoisotopic (exact) mass is 288 g/mol. The fraction of sp³-hybridized carbons (Fsp3) is 0.929. The van der Waals surface area contributed by atoms with Crippen molar-refractivity contribution in [3.05, 3.63) is 0 Å². The van der Waals surface area contributed by atoms with Gasteiger partial charge in [-0.1, -0.05) is 33.1 Å². The second-order valence-corrected chi connectivity index (χ2v) is 7.88. The van der Waals surface area contributed by atoms with Gasteiger partial charge in [-0.05, 0) is 25.7 Å². The molecule has 0 unspecified atom stereocenters. The molecule has 19 heavy (non-hydrogen) atoms. The molecule has 0 bridgehead atoms. The molecular weight excluding hydrogens is 263 g/mol. The molecule has 0 radical (unpaired) electrons. The van der Waals surface area contributed by atoms with Crippen LogP contribution in [0, 0.1) is 11.3 Å². The quantitative estimate of drug-likeness (QED) is 0.729. The van der Waals surface area contributed by atoms with Gasteiger partial charge in [0.25, 0.3) is 0 Å². The Labute approximate surface area is 115 Å². The van der Waals surface area contributed by atoms with Crippen LogP contribution in [0.3, 0.4) is 0 Å². The first kappa shape index (κ1) is 15.2. The van der Waals surface area contributed by atoms with Crippen molar-refractivity contribution in [1.82, 2.24) is 0 Å². The molecule has 2 aliphatic rings. The van der Waals surface area contributed by atoms with Gasteiger partial charge in [0.05, 0.1) is 13.2 Å². The van der Waals surface area contributed by atoms with Crippen LogP contribution in [0.15, 0.2) is 0 Å². The number of hydrogen-bond acceptors (Lipinski definition) is 4. The number of rotatable bonds is 4. The second-order valence-electron chi connectivity index (χ2n) is 5.92. The van der Waals surface area contributed by atoms with E-state index in [0.717, 1.165) is 38.5 Å². The van der Waals surface area contributed by atoms with E-state index in [0.29, 0.717) is 13.2 Å². The van der Waals surface area contributed by atoms with Crippen LogP contribution in [0.4, 0.5) is 0 Å². The van der Waals surface area contributed by atoms with E-state index in [1.165, 1.54) is 6.42 Å². The average molecular weight is 288 g/mol. The molecule has 0 aromatic heterocycles. The lowest BCUT2D eigenvalue weighted by molar-refractivity contribution is -0.120.